The molecular weight excluding hydrogens is 396 g/mol. The highest BCUT2D eigenvalue weighted by atomic mass is 31.2. The molecule has 1 saturated heterocycles. The number of nitrogens with two attached hydrogens (primary N) is 2. The molecule has 0 aliphatic carbocycles. The molecule has 0 spiro atoms. The second-order valence-electron chi connectivity index (χ2n) is 9.22. The highest BCUT2D eigenvalue weighted by Crippen LogP contribution is 2.63. The molecule has 1 aliphatic rings. The number of hydrogen-bond acceptors (Lipinski definition) is 4. The van der Waals surface area contributed by atoms with Crippen molar-refractivity contribution in [3.8, 4) is 0 Å². The van der Waals surface area contributed by atoms with Crippen molar-refractivity contribution in [3.63, 3.8) is 0 Å². The molecule has 1 aliphatic heterocycles. The molecule has 0 aromatic carbocycles. The van der Waals surface area contributed by atoms with E-state index in [0.29, 0.717) is 39.1 Å². The Hall–Kier alpha value is -1.18. The van der Waals surface area contributed by atoms with E-state index in [1.165, 1.54) is 13.8 Å². The molecule has 0 bridgehead atoms. The first-order valence-corrected chi connectivity index (χ1v) is 11.9. The standard InChI is InChI=1S/C19H39FN5O3P/c1-18(2,3)15-28-29(27,19(4,5)20)25-13-11-24(12-14-25)16(26)9-7-6-8-10-23-17(21)22/h6-15H2,1-5H3,(H4,21,22,23). The molecule has 0 aromatic heterocycles. The molecule has 1 amide bonds. The minimum Gasteiger partial charge on any atom is -0.370 e. The number of piperazine rings is 1. The number of amides is 1. The normalized spacial score (nSPS) is 18.3. The van der Waals surface area contributed by atoms with E-state index in [2.05, 4.69) is 4.99 Å². The van der Waals surface area contributed by atoms with Crippen LogP contribution in [0.4, 0.5) is 4.39 Å². The quantitative estimate of drug-likeness (QED) is 0.236. The summed E-state index contributed by atoms with van der Waals surface area (Å²) in [6.45, 7) is 10.8. The predicted octanol–water partition coefficient (Wildman–Crippen LogP) is 2.93. The summed E-state index contributed by atoms with van der Waals surface area (Å²) in [6.07, 6.45) is 2.92. The summed E-state index contributed by atoms with van der Waals surface area (Å²) >= 11 is 0. The number of guanidine groups is 1. The molecule has 1 heterocycles. The van der Waals surface area contributed by atoms with E-state index >= 15 is 0 Å². The molecule has 29 heavy (non-hydrogen) atoms. The van der Waals surface area contributed by atoms with Crippen LogP contribution < -0.4 is 11.5 Å². The van der Waals surface area contributed by atoms with Crippen molar-refractivity contribution in [2.45, 2.75) is 65.7 Å². The van der Waals surface area contributed by atoms with Gasteiger partial charge >= 0.3 is 7.52 Å². The van der Waals surface area contributed by atoms with Crippen LogP contribution in [0, 0.1) is 5.41 Å². The number of rotatable bonds is 10. The fourth-order valence-corrected chi connectivity index (χ4v) is 5.40. The van der Waals surface area contributed by atoms with Crippen LogP contribution >= 0.6 is 7.52 Å². The van der Waals surface area contributed by atoms with Gasteiger partial charge in [-0.15, -0.1) is 0 Å². The molecule has 0 aromatic rings. The van der Waals surface area contributed by atoms with Crippen LogP contribution in [-0.2, 0) is 13.9 Å². The topological polar surface area (TPSA) is 114 Å². The first kappa shape index (κ1) is 25.9. The first-order valence-electron chi connectivity index (χ1n) is 10.3. The van der Waals surface area contributed by atoms with Crippen LogP contribution in [0.3, 0.4) is 0 Å². The molecule has 8 nitrogen and oxygen atoms in total. The Bertz CT molecular complexity index is 604. The molecule has 0 saturated carbocycles. The van der Waals surface area contributed by atoms with Crippen LogP contribution in [0.15, 0.2) is 4.99 Å². The van der Waals surface area contributed by atoms with E-state index in [-0.39, 0.29) is 23.9 Å². The number of alkyl halides is 1. The third-order valence-electron chi connectivity index (χ3n) is 4.67. The van der Waals surface area contributed by atoms with Crippen molar-refractivity contribution in [2.75, 3.05) is 39.3 Å². The number of nitrogens with zero attached hydrogens (tertiary/aromatic N) is 3. The summed E-state index contributed by atoms with van der Waals surface area (Å²) in [5.74, 6) is 0.149. The van der Waals surface area contributed by atoms with Gasteiger partial charge in [0.2, 0.25) is 5.91 Å². The predicted molar refractivity (Wildman–Crippen MR) is 115 cm³/mol. The van der Waals surface area contributed by atoms with Crippen LogP contribution in [-0.4, -0.2) is 66.2 Å². The highest BCUT2D eigenvalue weighted by molar-refractivity contribution is 7.57. The van der Waals surface area contributed by atoms with E-state index in [9.17, 15) is 13.8 Å². The molecule has 1 fully saturated rings. The minimum atomic E-state index is -3.68. The van der Waals surface area contributed by atoms with Gasteiger partial charge in [0.25, 0.3) is 0 Å². The maximum absolute atomic E-state index is 14.8. The van der Waals surface area contributed by atoms with Gasteiger partial charge in [-0.05, 0) is 32.1 Å². The Morgan fingerprint density at radius 2 is 1.66 bits per heavy atom. The van der Waals surface area contributed by atoms with Gasteiger partial charge in [-0.2, -0.15) is 0 Å². The zero-order chi connectivity index (χ0) is 22.3. The van der Waals surface area contributed by atoms with Gasteiger partial charge in [-0.3, -0.25) is 14.4 Å². The van der Waals surface area contributed by atoms with Crippen LogP contribution in [0.2, 0.25) is 0 Å². The smallest absolute Gasteiger partial charge is 0.308 e. The Kier molecular flexibility index (Phi) is 9.57. The summed E-state index contributed by atoms with van der Waals surface area (Å²) in [6, 6.07) is 0. The lowest BCUT2D eigenvalue weighted by atomic mass is 9.99. The Balaban J connectivity index is 2.52. The fourth-order valence-electron chi connectivity index (χ4n) is 2.99. The van der Waals surface area contributed by atoms with Gasteiger partial charge in [0.05, 0.1) is 6.61 Å². The Morgan fingerprint density at radius 1 is 1.07 bits per heavy atom. The lowest BCUT2D eigenvalue weighted by Crippen LogP contribution is -2.49. The van der Waals surface area contributed by atoms with Gasteiger partial charge in [0.1, 0.15) is 0 Å². The van der Waals surface area contributed by atoms with Crippen LogP contribution in [0.25, 0.3) is 0 Å². The molecule has 10 heteroatoms. The van der Waals surface area contributed by atoms with Crippen LogP contribution in [0.5, 0.6) is 0 Å². The molecule has 1 rings (SSSR count). The van der Waals surface area contributed by atoms with E-state index in [4.69, 9.17) is 16.0 Å². The average Bonchev–Trinajstić information content (AvgIpc) is 2.60. The lowest BCUT2D eigenvalue weighted by molar-refractivity contribution is -0.132. The van der Waals surface area contributed by atoms with Gasteiger partial charge < -0.3 is 20.9 Å². The van der Waals surface area contributed by atoms with Crippen molar-refractivity contribution >= 4 is 19.4 Å². The second kappa shape index (κ2) is 10.7. The third-order valence-corrected chi connectivity index (χ3v) is 7.64. The van der Waals surface area contributed by atoms with E-state index < -0.39 is 12.9 Å². The Morgan fingerprint density at radius 3 is 2.14 bits per heavy atom. The molecular formula is C19H39FN5O3P. The zero-order valence-electron chi connectivity index (χ0n) is 18.6. The molecule has 170 valence electrons. The lowest BCUT2D eigenvalue weighted by Gasteiger charge is -2.42. The number of carbonyl (C=O) groups is 1. The SMILES string of the molecule is CC(C)(C)COP(=O)(N1CCN(C(=O)CCCCCN=C(N)N)CC1)C(C)(C)F. The van der Waals surface area contributed by atoms with Gasteiger partial charge in [0, 0.05) is 39.1 Å². The molecule has 1 unspecified atom stereocenters. The number of carbonyl (C=O) groups excluding carboxylic acids is 1. The number of aliphatic imine (C=N–C) groups is 1. The van der Waals surface area contributed by atoms with Crippen molar-refractivity contribution in [1.82, 2.24) is 9.57 Å². The maximum atomic E-state index is 14.8. The van der Waals surface area contributed by atoms with Gasteiger partial charge in [-0.25, -0.2) is 9.06 Å². The highest BCUT2D eigenvalue weighted by Gasteiger charge is 2.49. The van der Waals surface area contributed by atoms with E-state index in [0.717, 1.165) is 19.3 Å². The fraction of sp³-hybridized carbons (Fsp3) is 0.895. The maximum Gasteiger partial charge on any atom is 0.308 e. The number of unbranched alkanes of at least 4 members (excludes halogenated alkanes) is 2. The van der Waals surface area contributed by atoms with E-state index in [1.54, 1.807) is 9.57 Å². The van der Waals surface area contributed by atoms with E-state index in [1.807, 2.05) is 20.8 Å². The van der Waals surface area contributed by atoms with Crippen LogP contribution in [0.1, 0.15) is 60.3 Å². The summed E-state index contributed by atoms with van der Waals surface area (Å²) in [5, 5.41) is -1.97. The number of hydrogen-bond donors (Lipinski definition) is 2. The summed E-state index contributed by atoms with van der Waals surface area (Å²) in [4.78, 5) is 18.1. The average molecular weight is 436 g/mol. The Labute approximate surface area is 174 Å². The largest absolute Gasteiger partial charge is 0.370 e. The van der Waals surface area contributed by atoms with Crippen molar-refractivity contribution in [3.05, 3.63) is 0 Å². The molecule has 0 radical (unpaired) electrons. The summed E-state index contributed by atoms with van der Waals surface area (Å²) in [5.41, 5.74) is 10.3. The zero-order valence-corrected chi connectivity index (χ0v) is 19.5. The van der Waals surface area contributed by atoms with Crippen molar-refractivity contribution in [1.29, 1.82) is 0 Å². The van der Waals surface area contributed by atoms with Gasteiger partial charge in [-0.1, -0.05) is 27.2 Å². The van der Waals surface area contributed by atoms with Crippen molar-refractivity contribution < 1.29 is 18.3 Å². The monoisotopic (exact) mass is 435 g/mol. The molecule has 1 atom stereocenters. The second-order valence-corrected chi connectivity index (χ2v) is 12.1. The summed E-state index contributed by atoms with van der Waals surface area (Å²) in [7, 11) is -3.68. The third kappa shape index (κ3) is 8.60. The molecule has 4 N–H and O–H groups in total. The minimum absolute atomic E-state index is 0.0661. The van der Waals surface area contributed by atoms with Gasteiger partial charge in [0.15, 0.2) is 11.4 Å². The van der Waals surface area contributed by atoms with Crippen molar-refractivity contribution in [2.24, 2.45) is 21.9 Å². The number of halogens is 1. The first-order chi connectivity index (χ1) is 13.3. The summed E-state index contributed by atoms with van der Waals surface area (Å²) < 4.78 is 35.5.